The zero-order valence-electron chi connectivity index (χ0n) is 22.0. The van der Waals surface area contributed by atoms with Gasteiger partial charge in [0.1, 0.15) is 23.0 Å². The summed E-state index contributed by atoms with van der Waals surface area (Å²) in [6.07, 6.45) is 1.42. The summed E-state index contributed by atoms with van der Waals surface area (Å²) in [4.78, 5) is 57.1. The Morgan fingerprint density at radius 1 is 1.12 bits per heavy atom. The Kier molecular flexibility index (Phi) is 8.44. The minimum atomic E-state index is -1.12. The van der Waals surface area contributed by atoms with Crippen molar-refractivity contribution < 1.29 is 38.5 Å². The van der Waals surface area contributed by atoms with E-state index in [0.29, 0.717) is 23.6 Å². The fourth-order valence-corrected chi connectivity index (χ4v) is 5.18. The van der Waals surface area contributed by atoms with Crippen molar-refractivity contribution in [3.8, 4) is 5.75 Å². The van der Waals surface area contributed by atoms with Gasteiger partial charge in [-0.2, -0.15) is 0 Å². The second-order valence-corrected chi connectivity index (χ2v) is 9.52. The van der Waals surface area contributed by atoms with Gasteiger partial charge in [-0.15, -0.1) is 0 Å². The van der Waals surface area contributed by atoms with Gasteiger partial charge in [0.2, 0.25) is 0 Å². The predicted octanol–water partition coefficient (Wildman–Crippen LogP) is 4.61. The number of carbonyl (C=O) groups excluding carboxylic acids is 4. The molecule has 1 fully saturated rings. The van der Waals surface area contributed by atoms with E-state index in [4.69, 9.17) is 14.2 Å². The number of aryl methyl sites for hydroxylation is 1. The summed E-state index contributed by atoms with van der Waals surface area (Å²) in [6, 6.07) is 11.5. The van der Waals surface area contributed by atoms with Crippen LogP contribution in [0.25, 0.3) is 5.76 Å². The van der Waals surface area contributed by atoms with Crippen LogP contribution < -0.4 is 9.64 Å². The summed E-state index contributed by atoms with van der Waals surface area (Å²) in [6.45, 7) is 7.30. The summed E-state index contributed by atoms with van der Waals surface area (Å²) in [5.74, 6) is -3.04. The normalized spacial score (nSPS) is 16.1. The number of nitrogens with zero attached hydrogens (tertiary/aromatic N) is 2. The molecule has 1 aliphatic rings. The standard InChI is InChI=1S/C29H26N2O8S/c1-5-14-39-28(36)25-16(3)30-29(40-25)31-22(17-10-12-18(13-11-17)27(35)37-4)21(24(33)26(31)34)23(32)19-8-7-9-20(15-19)38-6-2/h5,7-13,15,22,32H,1,6,14H2,2-4H3/b23-21+. The number of amides is 1. The average Bonchev–Trinajstić information content (AvgIpc) is 3.47. The first kappa shape index (κ1) is 28.2. The maximum absolute atomic E-state index is 13.5. The van der Waals surface area contributed by atoms with Gasteiger partial charge in [-0.3, -0.25) is 14.5 Å². The number of aromatic nitrogens is 1. The molecule has 206 valence electrons. The molecule has 2 heterocycles. The second-order valence-electron chi connectivity index (χ2n) is 8.54. The number of hydrogen-bond donors (Lipinski definition) is 1. The van der Waals surface area contributed by atoms with Crippen molar-refractivity contribution in [2.45, 2.75) is 19.9 Å². The highest BCUT2D eigenvalue weighted by molar-refractivity contribution is 7.17. The van der Waals surface area contributed by atoms with Gasteiger partial charge < -0.3 is 19.3 Å². The van der Waals surface area contributed by atoms with Crippen LogP contribution in [0.15, 0.2) is 66.8 Å². The Balaban J connectivity index is 1.88. The van der Waals surface area contributed by atoms with Crippen LogP contribution in [-0.4, -0.2) is 54.0 Å². The van der Waals surface area contributed by atoms with E-state index in [0.717, 1.165) is 16.2 Å². The lowest BCUT2D eigenvalue weighted by atomic mass is 9.94. The highest BCUT2D eigenvalue weighted by Gasteiger charge is 2.48. The van der Waals surface area contributed by atoms with E-state index in [1.54, 1.807) is 43.3 Å². The molecule has 1 amide bonds. The lowest BCUT2D eigenvalue weighted by Gasteiger charge is -2.23. The predicted molar refractivity (Wildman–Crippen MR) is 148 cm³/mol. The smallest absolute Gasteiger partial charge is 0.350 e. The Bertz CT molecular complexity index is 1520. The summed E-state index contributed by atoms with van der Waals surface area (Å²) in [5, 5.41) is 11.4. The number of anilines is 1. The Morgan fingerprint density at radius 2 is 1.85 bits per heavy atom. The Hall–Kier alpha value is -4.77. The van der Waals surface area contributed by atoms with E-state index in [1.165, 1.54) is 25.3 Å². The van der Waals surface area contributed by atoms with Crippen LogP contribution >= 0.6 is 11.3 Å². The van der Waals surface area contributed by atoms with Gasteiger partial charge in [0.15, 0.2) is 5.13 Å². The minimum Gasteiger partial charge on any atom is -0.507 e. The first-order chi connectivity index (χ1) is 19.2. The molecule has 40 heavy (non-hydrogen) atoms. The molecule has 2 aromatic carbocycles. The second kappa shape index (κ2) is 12.0. The van der Waals surface area contributed by atoms with Crippen LogP contribution in [0, 0.1) is 6.92 Å². The van der Waals surface area contributed by atoms with Gasteiger partial charge in [-0.25, -0.2) is 14.6 Å². The van der Waals surface area contributed by atoms with E-state index in [1.807, 2.05) is 6.92 Å². The molecule has 0 radical (unpaired) electrons. The number of rotatable bonds is 9. The average molecular weight is 563 g/mol. The molecule has 1 atom stereocenters. The lowest BCUT2D eigenvalue weighted by molar-refractivity contribution is -0.132. The minimum absolute atomic E-state index is 0.0105. The number of aliphatic hydroxyl groups is 1. The molecule has 1 aliphatic heterocycles. The number of aliphatic hydroxyl groups excluding tert-OH is 1. The van der Waals surface area contributed by atoms with E-state index in [-0.39, 0.29) is 33.3 Å². The molecule has 1 saturated heterocycles. The summed E-state index contributed by atoms with van der Waals surface area (Å²) in [5.41, 5.74) is 1.06. The highest BCUT2D eigenvalue weighted by atomic mass is 32.1. The molecule has 0 spiro atoms. The van der Waals surface area contributed by atoms with Gasteiger partial charge in [0, 0.05) is 5.56 Å². The van der Waals surface area contributed by atoms with E-state index in [9.17, 15) is 24.3 Å². The van der Waals surface area contributed by atoms with Crippen molar-refractivity contribution in [2.24, 2.45) is 0 Å². The monoisotopic (exact) mass is 562 g/mol. The third kappa shape index (κ3) is 5.36. The fraction of sp³-hybridized carbons (Fsp3) is 0.207. The van der Waals surface area contributed by atoms with Crippen LogP contribution in [-0.2, 0) is 19.1 Å². The molecule has 0 bridgehead atoms. The SMILES string of the molecule is C=CCOC(=O)c1sc(N2C(=O)C(=O)/C(=C(/O)c3cccc(OCC)c3)C2c2ccc(C(=O)OC)cc2)nc1C. The molecule has 11 heteroatoms. The number of hydrogen-bond acceptors (Lipinski definition) is 10. The van der Waals surface area contributed by atoms with Crippen LogP contribution in [0.3, 0.4) is 0 Å². The number of thiazole rings is 1. The zero-order valence-corrected chi connectivity index (χ0v) is 22.8. The van der Waals surface area contributed by atoms with Crippen LogP contribution in [0.1, 0.15) is 49.8 Å². The van der Waals surface area contributed by atoms with Crippen molar-refractivity contribution in [1.29, 1.82) is 0 Å². The number of ether oxygens (including phenoxy) is 3. The van der Waals surface area contributed by atoms with E-state index < -0.39 is 35.4 Å². The molecule has 1 aromatic heterocycles. The molecule has 4 rings (SSSR count). The zero-order chi connectivity index (χ0) is 29.0. The Morgan fingerprint density at radius 3 is 2.50 bits per heavy atom. The maximum atomic E-state index is 13.5. The van der Waals surface area contributed by atoms with Crippen LogP contribution in [0.2, 0.25) is 0 Å². The molecule has 0 aliphatic carbocycles. The number of esters is 2. The molecular weight excluding hydrogens is 536 g/mol. The molecule has 1 N–H and O–H groups in total. The summed E-state index contributed by atoms with van der Waals surface area (Å²) in [7, 11) is 1.25. The van der Waals surface area contributed by atoms with Gasteiger partial charge in [0.05, 0.1) is 36.6 Å². The van der Waals surface area contributed by atoms with Gasteiger partial charge in [-0.1, -0.05) is 48.3 Å². The quantitative estimate of drug-likeness (QED) is 0.131. The van der Waals surface area contributed by atoms with Crippen molar-refractivity contribution in [3.63, 3.8) is 0 Å². The van der Waals surface area contributed by atoms with Gasteiger partial charge >= 0.3 is 17.8 Å². The lowest BCUT2D eigenvalue weighted by Crippen LogP contribution is -2.29. The van der Waals surface area contributed by atoms with Gasteiger partial charge in [-0.05, 0) is 43.7 Å². The summed E-state index contributed by atoms with van der Waals surface area (Å²) < 4.78 is 15.4. The third-order valence-corrected chi connectivity index (χ3v) is 7.16. The number of Topliss-reactive ketones (excluding diaryl/α,β-unsaturated/α-hetero) is 1. The largest absolute Gasteiger partial charge is 0.507 e. The van der Waals surface area contributed by atoms with Crippen molar-refractivity contribution in [3.05, 3.63) is 94.0 Å². The summed E-state index contributed by atoms with van der Waals surface area (Å²) >= 11 is 0.884. The Labute approximate surface area is 234 Å². The topological polar surface area (TPSA) is 132 Å². The molecule has 0 saturated carbocycles. The van der Waals surface area contributed by atoms with Gasteiger partial charge in [0.25, 0.3) is 5.78 Å². The fourth-order valence-electron chi connectivity index (χ4n) is 4.19. The number of carbonyl (C=O) groups is 4. The number of benzene rings is 2. The molecule has 3 aromatic rings. The number of ketones is 1. The van der Waals surface area contributed by atoms with Crippen molar-refractivity contribution >= 4 is 45.9 Å². The highest BCUT2D eigenvalue weighted by Crippen LogP contribution is 2.44. The van der Waals surface area contributed by atoms with Crippen molar-refractivity contribution in [2.75, 3.05) is 25.2 Å². The molecular formula is C29H26N2O8S. The van der Waals surface area contributed by atoms with Crippen LogP contribution in [0.5, 0.6) is 5.75 Å². The van der Waals surface area contributed by atoms with Crippen LogP contribution in [0.4, 0.5) is 5.13 Å². The van der Waals surface area contributed by atoms with E-state index in [2.05, 4.69) is 11.6 Å². The van der Waals surface area contributed by atoms with Crippen molar-refractivity contribution in [1.82, 2.24) is 4.98 Å². The van der Waals surface area contributed by atoms with E-state index >= 15 is 0 Å². The molecule has 1 unspecified atom stereocenters. The first-order valence-corrected chi connectivity index (χ1v) is 13.0. The third-order valence-electron chi connectivity index (χ3n) is 6.02. The maximum Gasteiger partial charge on any atom is 0.350 e. The number of methoxy groups -OCH3 is 1. The molecule has 10 nitrogen and oxygen atoms in total. The first-order valence-electron chi connectivity index (χ1n) is 12.2.